The Bertz CT molecular complexity index is 1720. The van der Waals surface area contributed by atoms with Gasteiger partial charge in [0.25, 0.3) is 0 Å². The van der Waals surface area contributed by atoms with Crippen molar-refractivity contribution in [1.82, 2.24) is 20.0 Å². The van der Waals surface area contributed by atoms with E-state index in [0.29, 0.717) is 48.5 Å². The number of amides is 2. The number of benzene rings is 1. The van der Waals surface area contributed by atoms with Gasteiger partial charge in [-0.05, 0) is 60.4 Å². The summed E-state index contributed by atoms with van der Waals surface area (Å²) >= 11 is 0. The summed E-state index contributed by atoms with van der Waals surface area (Å²) in [5, 5.41) is 27.8. The van der Waals surface area contributed by atoms with Crippen LogP contribution in [0.15, 0.2) is 66.0 Å². The summed E-state index contributed by atoms with van der Waals surface area (Å²) in [7, 11) is 0. The molecule has 4 bridgehead atoms. The molecule has 12 nitrogen and oxygen atoms in total. The molecule has 1 aromatic rings. The number of nitrogens with zero attached hydrogens (tertiary/aromatic N) is 3. The van der Waals surface area contributed by atoms with E-state index in [4.69, 9.17) is 9.47 Å². The molecule has 3 unspecified atom stereocenters. The number of carbonyl (C=O) groups excluding carboxylic acids is 3. The third kappa shape index (κ3) is 7.01. The molecule has 0 aromatic heterocycles. The van der Waals surface area contributed by atoms with Crippen molar-refractivity contribution in [3.8, 4) is 0 Å². The number of anilines is 1. The standard InChI is InChI=1S/C42H55N5O7/c1-26-33(41(2)11-10-36(49)42(3,24-48)35(41)18-34(26)47-12-14-53-15-13-47)9-6-28-17-32(54-40(28)52)16-27-4-7-31(8-5-27)43-37(50)19-38(51)44-39-29-20-45-22-30(39)23-46(21-29)25-45/h4-9,16-17,29-30,33-36,39,48-49H,1,10-15,18-25H2,2-3H3,(H,43,50)(H,44,51)/t29?,30?,33?,34?,35?,36-,39?,41-,42+/m1/s1. The summed E-state index contributed by atoms with van der Waals surface area (Å²) in [6.07, 6.45) is 8.82. The zero-order valence-corrected chi connectivity index (χ0v) is 31.5. The van der Waals surface area contributed by atoms with E-state index in [2.05, 4.69) is 44.9 Å². The average Bonchev–Trinajstić information content (AvgIpc) is 3.50. The Labute approximate surface area is 317 Å². The van der Waals surface area contributed by atoms with Crippen LogP contribution in [0, 0.1) is 34.5 Å². The van der Waals surface area contributed by atoms with Crippen LogP contribution >= 0.6 is 0 Å². The second kappa shape index (κ2) is 14.8. The Kier molecular flexibility index (Phi) is 10.2. The van der Waals surface area contributed by atoms with Gasteiger partial charge in [0.1, 0.15) is 12.2 Å². The third-order valence-electron chi connectivity index (χ3n) is 13.9. The van der Waals surface area contributed by atoms with Gasteiger partial charge in [0.2, 0.25) is 11.8 Å². The van der Waals surface area contributed by atoms with Crippen LogP contribution in [0.2, 0.25) is 0 Å². The molecule has 5 saturated heterocycles. The summed E-state index contributed by atoms with van der Waals surface area (Å²) in [5.41, 5.74) is 1.99. The molecule has 1 aromatic carbocycles. The molecule has 0 spiro atoms. The lowest BCUT2D eigenvalue weighted by molar-refractivity contribution is -0.156. The van der Waals surface area contributed by atoms with Gasteiger partial charge in [-0.3, -0.25) is 24.3 Å². The largest absolute Gasteiger partial charge is 0.423 e. The Morgan fingerprint density at radius 3 is 2.39 bits per heavy atom. The smallest absolute Gasteiger partial charge is 0.343 e. The molecule has 9 rings (SSSR count). The summed E-state index contributed by atoms with van der Waals surface area (Å²) in [4.78, 5) is 46.0. The fourth-order valence-electron chi connectivity index (χ4n) is 11.1. The number of allylic oxidation sites excluding steroid dienone is 2. The summed E-state index contributed by atoms with van der Waals surface area (Å²) in [6.45, 7) is 16.8. The molecular weight excluding hydrogens is 686 g/mol. The van der Waals surface area contributed by atoms with Gasteiger partial charge in [-0.2, -0.15) is 0 Å². The topological polar surface area (TPSA) is 144 Å². The van der Waals surface area contributed by atoms with Gasteiger partial charge >= 0.3 is 5.97 Å². The predicted molar refractivity (Wildman–Crippen MR) is 203 cm³/mol. The average molecular weight is 742 g/mol. The van der Waals surface area contributed by atoms with Crippen molar-refractivity contribution in [3.05, 3.63) is 71.5 Å². The minimum Gasteiger partial charge on any atom is -0.423 e. The van der Waals surface area contributed by atoms with Crippen LogP contribution < -0.4 is 10.6 Å². The zero-order valence-electron chi connectivity index (χ0n) is 31.5. The number of fused-ring (bicyclic) bond motifs is 1. The SMILES string of the molecule is C=C1C(N2CCOCC2)CC2[C@](C)(CC[C@@H](O)[C@@]2(C)CO)C1C=CC1=CC(=Cc2ccc(NC(=O)CC(=O)NC3C4CN5CC3CN(C4)C5)cc2)OC1=O. The Morgan fingerprint density at radius 1 is 1.04 bits per heavy atom. The van der Waals surface area contributed by atoms with Crippen molar-refractivity contribution in [2.45, 2.75) is 57.7 Å². The van der Waals surface area contributed by atoms with E-state index in [9.17, 15) is 24.6 Å². The monoisotopic (exact) mass is 741 g/mol. The van der Waals surface area contributed by atoms with Crippen LogP contribution in [0.1, 0.15) is 45.1 Å². The fourth-order valence-corrected chi connectivity index (χ4v) is 11.1. The first kappa shape index (κ1) is 37.3. The number of esters is 1. The van der Waals surface area contributed by atoms with Crippen molar-refractivity contribution in [2.75, 3.05) is 71.1 Å². The van der Waals surface area contributed by atoms with Crippen LogP contribution in [-0.4, -0.2) is 127 Å². The zero-order chi connectivity index (χ0) is 37.8. The number of aliphatic hydroxyl groups excluding tert-OH is 2. The molecule has 8 aliphatic rings. The lowest BCUT2D eigenvalue weighted by Crippen LogP contribution is -2.71. The maximum atomic E-state index is 13.1. The van der Waals surface area contributed by atoms with Gasteiger partial charge in [-0.15, -0.1) is 0 Å². The van der Waals surface area contributed by atoms with E-state index in [1.807, 2.05) is 25.1 Å². The van der Waals surface area contributed by atoms with Crippen LogP contribution in [0.25, 0.3) is 6.08 Å². The molecule has 2 amide bonds. The molecule has 7 fully saturated rings. The molecule has 6 aliphatic heterocycles. The van der Waals surface area contributed by atoms with Crippen molar-refractivity contribution in [2.24, 2.45) is 34.5 Å². The van der Waals surface area contributed by atoms with Crippen LogP contribution in [-0.2, 0) is 23.9 Å². The third-order valence-corrected chi connectivity index (χ3v) is 13.9. The highest BCUT2D eigenvalue weighted by atomic mass is 16.5. The Hall–Kier alpha value is -3.65. The molecule has 6 heterocycles. The molecule has 2 aliphatic carbocycles. The maximum absolute atomic E-state index is 13.1. The minimum atomic E-state index is -0.649. The number of rotatable bonds is 9. The quantitative estimate of drug-likeness (QED) is 0.170. The lowest BCUT2D eigenvalue weighted by Gasteiger charge is -2.62. The van der Waals surface area contributed by atoms with E-state index in [1.165, 1.54) is 0 Å². The fraction of sp³-hybridized carbons (Fsp3) is 0.595. The number of morpholine rings is 1. The maximum Gasteiger partial charge on any atom is 0.343 e. The normalized spacial score (nSPS) is 39.7. The number of nitrogens with one attached hydrogen (secondary N) is 2. The number of piperidine rings is 2. The van der Waals surface area contributed by atoms with Crippen LogP contribution in [0.5, 0.6) is 0 Å². The lowest BCUT2D eigenvalue weighted by atomic mass is 9.45. The van der Waals surface area contributed by atoms with Crippen molar-refractivity contribution < 1.29 is 34.1 Å². The van der Waals surface area contributed by atoms with Gasteiger partial charge < -0.3 is 30.3 Å². The first-order valence-electron chi connectivity index (χ1n) is 19.7. The number of cyclic esters (lactones) is 1. The van der Waals surface area contributed by atoms with Crippen molar-refractivity contribution in [1.29, 1.82) is 0 Å². The van der Waals surface area contributed by atoms with Gasteiger partial charge in [0.05, 0.1) is 38.2 Å². The number of carbonyl (C=O) groups is 3. The molecular formula is C42H55N5O7. The number of ether oxygens (including phenoxy) is 2. The van der Waals surface area contributed by atoms with E-state index < -0.39 is 17.5 Å². The first-order valence-corrected chi connectivity index (χ1v) is 19.7. The summed E-state index contributed by atoms with van der Waals surface area (Å²) in [6, 6.07) is 7.39. The molecule has 2 saturated carbocycles. The minimum absolute atomic E-state index is 0.0420. The number of hydrogen-bond acceptors (Lipinski definition) is 10. The highest BCUT2D eigenvalue weighted by Crippen LogP contribution is 2.62. The molecule has 4 N–H and O–H groups in total. The molecule has 12 heteroatoms. The van der Waals surface area contributed by atoms with Crippen molar-refractivity contribution >= 4 is 29.5 Å². The van der Waals surface area contributed by atoms with Gasteiger partial charge in [-0.25, -0.2) is 4.79 Å². The molecule has 0 radical (unpaired) electrons. The molecule has 54 heavy (non-hydrogen) atoms. The highest BCUT2D eigenvalue weighted by Gasteiger charge is 2.59. The van der Waals surface area contributed by atoms with Crippen molar-refractivity contribution in [3.63, 3.8) is 0 Å². The second-order valence-electron chi connectivity index (χ2n) is 17.3. The van der Waals surface area contributed by atoms with Gasteiger partial charge in [0, 0.05) is 80.2 Å². The second-order valence-corrected chi connectivity index (χ2v) is 17.3. The van der Waals surface area contributed by atoms with Crippen LogP contribution in [0.4, 0.5) is 5.69 Å². The number of hydrogen-bond donors (Lipinski definition) is 4. The van der Waals surface area contributed by atoms with E-state index in [-0.39, 0.29) is 54.2 Å². The predicted octanol–water partition coefficient (Wildman–Crippen LogP) is 2.77. The van der Waals surface area contributed by atoms with E-state index in [0.717, 1.165) is 69.9 Å². The van der Waals surface area contributed by atoms with Gasteiger partial charge in [-0.1, -0.05) is 50.3 Å². The summed E-state index contributed by atoms with van der Waals surface area (Å²) < 4.78 is 11.3. The Morgan fingerprint density at radius 2 is 1.72 bits per heavy atom. The molecule has 290 valence electrons. The van der Waals surface area contributed by atoms with E-state index in [1.54, 1.807) is 24.3 Å². The highest BCUT2D eigenvalue weighted by molar-refractivity contribution is 6.03. The Balaban J connectivity index is 0.913. The summed E-state index contributed by atoms with van der Waals surface area (Å²) in [5.74, 6) is 0.177. The molecule has 6 atom stereocenters. The van der Waals surface area contributed by atoms with Crippen LogP contribution in [0.3, 0.4) is 0 Å². The number of aliphatic hydroxyl groups is 2. The van der Waals surface area contributed by atoms with E-state index >= 15 is 0 Å². The van der Waals surface area contributed by atoms with Gasteiger partial charge in [0.15, 0.2) is 0 Å². The first-order chi connectivity index (χ1) is 25.9.